The topological polar surface area (TPSA) is 12.0 Å². The third-order valence-electron chi connectivity index (χ3n) is 2.75. The maximum absolute atomic E-state index is 3.59. The van der Waals surface area contributed by atoms with Crippen molar-refractivity contribution >= 4 is 11.3 Å². The first kappa shape index (κ1) is 12.7. The molecule has 0 aliphatic carbocycles. The summed E-state index contributed by atoms with van der Waals surface area (Å²) >= 11 is 1.92. The fraction of sp³-hybridized carbons (Fsp3) is 0.692. The molecule has 0 amide bonds. The number of thiophene rings is 1. The van der Waals surface area contributed by atoms with Crippen molar-refractivity contribution in [1.29, 1.82) is 0 Å². The second kappa shape index (κ2) is 6.29. The van der Waals surface area contributed by atoms with E-state index in [4.69, 9.17) is 0 Å². The van der Waals surface area contributed by atoms with Crippen molar-refractivity contribution < 1.29 is 0 Å². The lowest BCUT2D eigenvalue weighted by Gasteiger charge is -2.17. The van der Waals surface area contributed by atoms with E-state index in [0.29, 0.717) is 6.04 Å². The van der Waals surface area contributed by atoms with Crippen LogP contribution in [0.4, 0.5) is 0 Å². The van der Waals surface area contributed by atoms with E-state index < -0.39 is 0 Å². The highest BCUT2D eigenvalue weighted by molar-refractivity contribution is 7.12. The molecule has 86 valence electrons. The smallest absolute Gasteiger partial charge is 0.0331 e. The Labute approximate surface area is 97.9 Å². The van der Waals surface area contributed by atoms with Crippen molar-refractivity contribution in [2.45, 2.75) is 53.0 Å². The molecule has 1 N–H and O–H groups in total. The molecule has 0 radical (unpaired) electrons. The second-order valence-electron chi connectivity index (χ2n) is 4.12. The van der Waals surface area contributed by atoms with E-state index in [9.17, 15) is 0 Å². The van der Waals surface area contributed by atoms with Gasteiger partial charge in [-0.15, -0.1) is 11.3 Å². The quantitative estimate of drug-likeness (QED) is 0.765. The van der Waals surface area contributed by atoms with Crippen LogP contribution in [0.1, 0.15) is 54.5 Å². The van der Waals surface area contributed by atoms with E-state index in [-0.39, 0.29) is 0 Å². The molecule has 2 heteroatoms. The molecule has 0 saturated heterocycles. The number of nitrogens with one attached hydrogen (secondary N) is 1. The van der Waals surface area contributed by atoms with Crippen molar-refractivity contribution in [3.05, 3.63) is 21.4 Å². The maximum Gasteiger partial charge on any atom is 0.0331 e. The van der Waals surface area contributed by atoms with Crippen LogP contribution >= 0.6 is 11.3 Å². The molecule has 0 aliphatic rings. The average Bonchev–Trinajstić information content (AvgIpc) is 2.52. The minimum absolute atomic E-state index is 0.569. The molecule has 1 aromatic rings. The predicted octanol–water partition coefficient (Wildman–Crippen LogP) is 4.21. The largest absolute Gasteiger partial charge is 0.310 e. The Morgan fingerprint density at radius 1 is 1.33 bits per heavy atom. The molecule has 15 heavy (non-hydrogen) atoms. The Balaban J connectivity index is 2.73. The van der Waals surface area contributed by atoms with Crippen LogP contribution in [0.2, 0.25) is 0 Å². The molecule has 0 spiro atoms. The van der Waals surface area contributed by atoms with Crippen LogP contribution < -0.4 is 5.32 Å². The molecule has 1 heterocycles. The van der Waals surface area contributed by atoms with E-state index in [2.05, 4.69) is 39.1 Å². The Kier molecular flexibility index (Phi) is 5.34. The van der Waals surface area contributed by atoms with Crippen molar-refractivity contribution in [2.75, 3.05) is 6.54 Å². The zero-order chi connectivity index (χ0) is 11.3. The molecular weight excluding hydrogens is 202 g/mol. The van der Waals surface area contributed by atoms with Gasteiger partial charge in [-0.2, -0.15) is 0 Å². The molecule has 0 aromatic carbocycles. The summed E-state index contributed by atoms with van der Waals surface area (Å²) in [6, 6.07) is 2.92. The van der Waals surface area contributed by atoms with Crippen molar-refractivity contribution in [3.63, 3.8) is 0 Å². The van der Waals surface area contributed by atoms with E-state index in [1.165, 1.54) is 34.6 Å². The number of aryl methyl sites for hydroxylation is 2. The zero-order valence-corrected chi connectivity index (χ0v) is 11.2. The summed E-state index contributed by atoms with van der Waals surface area (Å²) in [4.78, 5) is 2.91. The van der Waals surface area contributed by atoms with Gasteiger partial charge in [-0.1, -0.05) is 26.7 Å². The Morgan fingerprint density at radius 3 is 2.53 bits per heavy atom. The van der Waals surface area contributed by atoms with E-state index in [0.717, 1.165) is 6.54 Å². The summed E-state index contributed by atoms with van der Waals surface area (Å²) in [5.41, 5.74) is 1.52. The Hall–Kier alpha value is -0.340. The van der Waals surface area contributed by atoms with Gasteiger partial charge in [0.1, 0.15) is 0 Å². The minimum Gasteiger partial charge on any atom is -0.310 e. The molecule has 0 saturated carbocycles. The average molecular weight is 225 g/mol. The lowest BCUT2D eigenvalue weighted by molar-refractivity contribution is 0.494. The lowest BCUT2D eigenvalue weighted by Crippen LogP contribution is -2.20. The van der Waals surface area contributed by atoms with E-state index in [1.807, 2.05) is 11.3 Å². The Bertz CT molecular complexity index is 291. The van der Waals surface area contributed by atoms with Crippen LogP contribution in [-0.4, -0.2) is 6.54 Å². The molecule has 0 bridgehead atoms. The number of hydrogen-bond acceptors (Lipinski definition) is 2. The molecule has 0 aliphatic heterocycles. The van der Waals surface area contributed by atoms with Crippen molar-refractivity contribution in [3.8, 4) is 0 Å². The summed E-state index contributed by atoms with van der Waals surface area (Å²) in [6.07, 6.45) is 3.86. The van der Waals surface area contributed by atoms with Gasteiger partial charge in [0.15, 0.2) is 0 Å². The highest BCUT2D eigenvalue weighted by Crippen LogP contribution is 2.29. The first-order valence-corrected chi connectivity index (χ1v) is 6.81. The highest BCUT2D eigenvalue weighted by atomic mass is 32.1. The van der Waals surface area contributed by atoms with Crippen molar-refractivity contribution in [1.82, 2.24) is 5.32 Å². The van der Waals surface area contributed by atoms with Crippen LogP contribution in [0.5, 0.6) is 0 Å². The fourth-order valence-corrected chi connectivity index (χ4v) is 3.01. The number of rotatable bonds is 6. The summed E-state index contributed by atoms with van der Waals surface area (Å²) in [5, 5.41) is 3.59. The SMILES string of the molecule is CCCCC(NCC)c1cc(C)sc1C. The fourth-order valence-electron chi connectivity index (χ4n) is 2.02. The molecule has 1 unspecified atom stereocenters. The molecule has 1 rings (SSSR count). The van der Waals surface area contributed by atoms with Gasteiger partial charge in [-0.25, -0.2) is 0 Å². The molecule has 0 fully saturated rings. The second-order valence-corrected chi connectivity index (χ2v) is 5.58. The monoisotopic (exact) mass is 225 g/mol. The third kappa shape index (κ3) is 3.62. The van der Waals surface area contributed by atoms with Gasteiger partial charge in [0.05, 0.1) is 0 Å². The Morgan fingerprint density at radius 2 is 2.07 bits per heavy atom. The molecule has 1 aromatic heterocycles. The van der Waals surface area contributed by atoms with Gasteiger partial charge in [-0.3, -0.25) is 0 Å². The van der Waals surface area contributed by atoms with E-state index in [1.54, 1.807) is 0 Å². The van der Waals surface area contributed by atoms with Gasteiger partial charge in [0.2, 0.25) is 0 Å². The zero-order valence-electron chi connectivity index (χ0n) is 10.4. The van der Waals surface area contributed by atoms with Crippen LogP contribution in [0.3, 0.4) is 0 Å². The molecular formula is C13H23NS. The normalized spacial score (nSPS) is 13.1. The summed E-state index contributed by atoms with van der Waals surface area (Å²) in [7, 11) is 0. The van der Waals surface area contributed by atoms with Gasteiger partial charge in [0, 0.05) is 15.8 Å². The first-order valence-electron chi connectivity index (χ1n) is 5.99. The van der Waals surface area contributed by atoms with Gasteiger partial charge in [-0.05, 0) is 38.4 Å². The number of unbranched alkanes of at least 4 members (excludes halogenated alkanes) is 1. The summed E-state index contributed by atoms with van der Waals surface area (Å²) < 4.78 is 0. The highest BCUT2D eigenvalue weighted by Gasteiger charge is 2.13. The van der Waals surface area contributed by atoms with Crippen LogP contribution in [0.15, 0.2) is 6.07 Å². The minimum atomic E-state index is 0.569. The van der Waals surface area contributed by atoms with Crippen LogP contribution in [-0.2, 0) is 0 Å². The first-order chi connectivity index (χ1) is 7.19. The molecule has 1 nitrogen and oxygen atoms in total. The number of hydrogen-bond donors (Lipinski definition) is 1. The van der Waals surface area contributed by atoms with Gasteiger partial charge < -0.3 is 5.32 Å². The van der Waals surface area contributed by atoms with Gasteiger partial charge in [0.25, 0.3) is 0 Å². The predicted molar refractivity (Wildman–Crippen MR) is 69.7 cm³/mol. The summed E-state index contributed by atoms with van der Waals surface area (Å²) in [5.74, 6) is 0. The van der Waals surface area contributed by atoms with Crippen LogP contribution in [0.25, 0.3) is 0 Å². The molecule has 1 atom stereocenters. The van der Waals surface area contributed by atoms with Crippen LogP contribution in [0, 0.1) is 13.8 Å². The maximum atomic E-state index is 3.59. The standard InChI is InChI=1S/C13H23NS/c1-5-7-8-13(14-6-2)12-9-10(3)15-11(12)4/h9,13-14H,5-8H2,1-4H3. The third-order valence-corrected chi connectivity index (χ3v) is 3.73. The summed E-state index contributed by atoms with van der Waals surface area (Å²) in [6.45, 7) is 9.94. The van der Waals surface area contributed by atoms with E-state index >= 15 is 0 Å². The van der Waals surface area contributed by atoms with Crippen molar-refractivity contribution in [2.24, 2.45) is 0 Å². The lowest BCUT2D eigenvalue weighted by atomic mass is 10.0. The van der Waals surface area contributed by atoms with Gasteiger partial charge >= 0.3 is 0 Å².